The van der Waals surface area contributed by atoms with Crippen molar-refractivity contribution in [3.63, 3.8) is 0 Å². The number of hydrogen-bond donors (Lipinski definition) is 1. The Bertz CT molecular complexity index is 573. The van der Waals surface area contributed by atoms with Gasteiger partial charge >= 0.3 is 0 Å². The van der Waals surface area contributed by atoms with Crippen molar-refractivity contribution in [2.45, 2.75) is 33.2 Å². The second kappa shape index (κ2) is 6.95. The lowest BCUT2D eigenvalue weighted by atomic mass is 10.0. The van der Waals surface area contributed by atoms with Gasteiger partial charge in [-0.05, 0) is 62.2 Å². The third-order valence-electron chi connectivity index (χ3n) is 3.34. The zero-order chi connectivity index (χ0) is 14.7. The van der Waals surface area contributed by atoms with Crippen LogP contribution in [0.3, 0.4) is 0 Å². The van der Waals surface area contributed by atoms with Crippen molar-refractivity contribution in [2.24, 2.45) is 0 Å². The number of benzene rings is 1. The summed E-state index contributed by atoms with van der Waals surface area (Å²) in [4.78, 5) is 2.64. The van der Waals surface area contributed by atoms with Gasteiger partial charge in [0.2, 0.25) is 0 Å². The maximum Gasteiger partial charge on any atom is 0.0686 e. The fourth-order valence-corrected chi connectivity index (χ4v) is 3.68. The van der Waals surface area contributed by atoms with Crippen LogP contribution in [0, 0.1) is 13.8 Å². The van der Waals surface area contributed by atoms with Crippen molar-refractivity contribution >= 4 is 34.5 Å². The van der Waals surface area contributed by atoms with Gasteiger partial charge in [0.05, 0.1) is 6.04 Å². The van der Waals surface area contributed by atoms with E-state index in [4.69, 9.17) is 23.2 Å². The normalized spacial score (nSPS) is 12.7. The minimum Gasteiger partial charge on any atom is -0.306 e. The predicted octanol–water partition coefficient (Wildman–Crippen LogP) is 5.76. The first-order chi connectivity index (χ1) is 9.52. The first-order valence-electron chi connectivity index (χ1n) is 6.78. The number of rotatable bonds is 5. The second-order valence-corrected chi connectivity index (χ2v) is 7.07. The molecule has 1 nitrogen and oxygen atoms in total. The molecule has 1 atom stereocenters. The first-order valence-corrected chi connectivity index (χ1v) is 8.35. The van der Waals surface area contributed by atoms with E-state index in [2.05, 4.69) is 32.2 Å². The molecule has 0 spiro atoms. The van der Waals surface area contributed by atoms with Crippen molar-refractivity contribution in [3.05, 3.63) is 55.2 Å². The second-order valence-electron chi connectivity index (χ2n) is 4.94. The van der Waals surface area contributed by atoms with Gasteiger partial charge in [0.15, 0.2) is 0 Å². The molecular weight excluding hydrogens is 309 g/mol. The highest BCUT2D eigenvalue weighted by atomic mass is 35.5. The summed E-state index contributed by atoms with van der Waals surface area (Å²) in [5, 5.41) is 5.05. The molecule has 0 fully saturated rings. The van der Waals surface area contributed by atoms with Crippen LogP contribution in [-0.2, 0) is 0 Å². The highest BCUT2D eigenvalue weighted by Gasteiger charge is 2.19. The summed E-state index contributed by atoms with van der Waals surface area (Å²) in [6, 6.07) is 8.01. The lowest BCUT2D eigenvalue weighted by Gasteiger charge is -2.19. The molecule has 108 valence electrons. The van der Waals surface area contributed by atoms with Crippen LogP contribution >= 0.6 is 34.5 Å². The van der Waals surface area contributed by atoms with E-state index < -0.39 is 0 Å². The molecule has 0 aliphatic heterocycles. The van der Waals surface area contributed by atoms with E-state index in [0.29, 0.717) is 0 Å². The zero-order valence-corrected chi connectivity index (χ0v) is 14.3. The quantitative estimate of drug-likeness (QED) is 0.736. The molecule has 20 heavy (non-hydrogen) atoms. The van der Waals surface area contributed by atoms with E-state index in [9.17, 15) is 0 Å². The fraction of sp³-hybridized carbons (Fsp3) is 0.375. The largest absolute Gasteiger partial charge is 0.306 e. The van der Waals surface area contributed by atoms with Gasteiger partial charge in [0.25, 0.3) is 0 Å². The Morgan fingerprint density at radius 3 is 2.55 bits per heavy atom. The molecule has 2 rings (SSSR count). The highest BCUT2D eigenvalue weighted by Crippen LogP contribution is 2.35. The summed E-state index contributed by atoms with van der Waals surface area (Å²) >= 11 is 14.3. The molecule has 0 radical (unpaired) electrons. The molecule has 0 bridgehead atoms. The van der Waals surface area contributed by atoms with Gasteiger partial charge in [-0.15, -0.1) is 11.3 Å². The first kappa shape index (κ1) is 15.8. The molecule has 0 saturated heterocycles. The molecule has 1 aromatic heterocycles. The maximum absolute atomic E-state index is 6.37. The van der Waals surface area contributed by atoms with E-state index in [0.717, 1.165) is 28.6 Å². The van der Waals surface area contributed by atoms with Crippen molar-refractivity contribution in [3.8, 4) is 0 Å². The van der Waals surface area contributed by atoms with E-state index in [1.54, 1.807) is 0 Å². The van der Waals surface area contributed by atoms with Crippen LogP contribution in [0.2, 0.25) is 10.0 Å². The molecule has 1 heterocycles. The van der Waals surface area contributed by atoms with Crippen molar-refractivity contribution in [1.29, 1.82) is 0 Å². The Morgan fingerprint density at radius 2 is 1.95 bits per heavy atom. The van der Waals surface area contributed by atoms with Gasteiger partial charge in [0, 0.05) is 19.8 Å². The van der Waals surface area contributed by atoms with Crippen LogP contribution in [0.15, 0.2) is 24.3 Å². The number of halogens is 2. The summed E-state index contributed by atoms with van der Waals surface area (Å²) in [7, 11) is 0. The zero-order valence-electron chi connectivity index (χ0n) is 12.0. The maximum atomic E-state index is 6.37. The predicted molar refractivity (Wildman–Crippen MR) is 90.4 cm³/mol. The van der Waals surface area contributed by atoms with Gasteiger partial charge < -0.3 is 5.32 Å². The third-order valence-corrected chi connectivity index (χ3v) is 5.13. The van der Waals surface area contributed by atoms with Crippen LogP contribution in [0.4, 0.5) is 0 Å². The molecule has 1 N–H and O–H groups in total. The molecule has 0 aliphatic carbocycles. The number of aryl methyl sites for hydroxylation is 2. The van der Waals surface area contributed by atoms with E-state index >= 15 is 0 Å². The lowest BCUT2D eigenvalue weighted by molar-refractivity contribution is 0.606. The molecular formula is C16H19Cl2NS. The van der Waals surface area contributed by atoms with E-state index in [-0.39, 0.29) is 6.04 Å². The summed E-state index contributed by atoms with van der Waals surface area (Å²) in [5.74, 6) is 0. The Kier molecular flexibility index (Phi) is 5.50. The van der Waals surface area contributed by atoms with Gasteiger partial charge in [-0.2, -0.15) is 0 Å². The van der Waals surface area contributed by atoms with Crippen molar-refractivity contribution in [1.82, 2.24) is 5.32 Å². The van der Waals surface area contributed by atoms with E-state index in [1.165, 1.54) is 15.3 Å². The van der Waals surface area contributed by atoms with Gasteiger partial charge in [-0.25, -0.2) is 0 Å². The summed E-state index contributed by atoms with van der Waals surface area (Å²) in [6.45, 7) is 7.41. The van der Waals surface area contributed by atoms with Crippen LogP contribution < -0.4 is 5.32 Å². The van der Waals surface area contributed by atoms with E-state index in [1.807, 2.05) is 29.5 Å². The minimum atomic E-state index is 0.110. The Morgan fingerprint density at radius 1 is 1.20 bits per heavy atom. The third kappa shape index (κ3) is 3.56. The number of nitrogens with one attached hydrogen (secondary N) is 1. The monoisotopic (exact) mass is 327 g/mol. The Hall–Kier alpha value is -0.540. The summed E-state index contributed by atoms with van der Waals surface area (Å²) in [6.07, 6.45) is 1.08. The van der Waals surface area contributed by atoms with Crippen LogP contribution in [-0.4, -0.2) is 6.54 Å². The minimum absolute atomic E-state index is 0.110. The Balaban J connectivity index is 2.43. The summed E-state index contributed by atoms with van der Waals surface area (Å²) < 4.78 is 0. The topological polar surface area (TPSA) is 12.0 Å². The van der Waals surface area contributed by atoms with Crippen LogP contribution in [0.5, 0.6) is 0 Å². The van der Waals surface area contributed by atoms with Gasteiger partial charge in [-0.3, -0.25) is 0 Å². The molecule has 4 heteroatoms. The lowest BCUT2D eigenvalue weighted by Crippen LogP contribution is -2.22. The van der Waals surface area contributed by atoms with Gasteiger partial charge in [-0.1, -0.05) is 30.1 Å². The molecule has 2 aromatic rings. The average Bonchev–Trinajstić information content (AvgIpc) is 2.74. The molecule has 1 unspecified atom stereocenters. The SMILES string of the molecule is CCCNC(c1cc(C)c(C)s1)c1cc(Cl)ccc1Cl. The van der Waals surface area contributed by atoms with Crippen LogP contribution in [0.25, 0.3) is 0 Å². The number of hydrogen-bond acceptors (Lipinski definition) is 2. The van der Waals surface area contributed by atoms with Crippen molar-refractivity contribution in [2.75, 3.05) is 6.54 Å². The average molecular weight is 328 g/mol. The van der Waals surface area contributed by atoms with Crippen LogP contribution in [0.1, 0.15) is 40.3 Å². The van der Waals surface area contributed by atoms with Crippen molar-refractivity contribution < 1.29 is 0 Å². The van der Waals surface area contributed by atoms with Gasteiger partial charge in [0.1, 0.15) is 0 Å². The highest BCUT2D eigenvalue weighted by molar-refractivity contribution is 7.12. The number of thiophene rings is 1. The molecule has 0 aliphatic rings. The molecule has 1 aromatic carbocycles. The Labute approximate surface area is 134 Å². The molecule has 0 amide bonds. The smallest absolute Gasteiger partial charge is 0.0686 e. The standard InChI is InChI=1S/C16H19Cl2NS/c1-4-7-19-16(15-8-10(2)11(3)20-15)13-9-12(17)5-6-14(13)18/h5-6,8-9,16,19H,4,7H2,1-3H3. The fourth-order valence-electron chi connectivity index (χ4n) is 2.13. The summed E-state index contributed by atoms with van der Waals surface area (Å²) in [5.41, 5.74) is 2.38. The molecule has 0 saturated carbocycles.